The summed E-state index contributed by atoms with van der Waals surface area (Å²) in [6, 6.07) is 6.87. The monoisotopic (exact) mass is 524 g/mol. The number of aliphatic hydroxyl groups excluding tert-OH is 2. The molecule has 0 heterocycles. The fraction of sp³-hybridized carbons (Fsp3) is 0.633. The molecule has 5 rings (SSSR count). The molecule has 206 valence electrons. The number of rotatable bonds is 7. The lowest BCUT2D eigenvalue weighted by Gasteiger charge is -2.57. The van der Waals surface area contributed by atoms with Gasteiger partial charge in [0.1, 0.15) is 6.10 Å². The Hall–Kier alpha value is -2.71. The van der Waals surface area contributed by atoms with Crippen molar-refractivity contribution in [1.29, 1.82) is 0 Å². The van der Waals surface area contributed by atoms with E-state index in [9.17, 15) is 24.9 Å². The van der Waals surface area contributed by atoms with Crippen molar-refractivity contribution in [2.24, 2.45) is 33.7 Å². The molecule has 0 radical (unpaired) electrons. The van der Waals surface area contributed by atoms with Gasteiger partial charge in [-0.1, -0.05) is 54.9 Å². The lowest BCUT2D eigenvalue weighted by atomic mass is 9.47. The number of carboxylic acid groups (broad SMARTS) is 1. The number of carbonyl (C=O) groups excluding carboxylic acids is 1. The number of nitrogens with one attached hydrogen (secondary N) is 1. The van der Waals surface area contributed by atoms with Gasteiger partial charge in [-0.25, -0.2) is 4.79 Å². The number of benzene rings is 1. The number of amides is 1. The number of nitrogens with zero attached hydrogens (tertiary/aromatic N) is 1. The summed E-state index contributed by atoms with van der Waals surface area (Å²) < 4.78 is 0. The molecule has 0 aromatic heterocycles. The standard InChI is InChI=1S/C30H40N2O6/c1-29-14-12-20(16-19(29)8-9-21-22-10-11-24(33)30(22,2)15-13-23(21)29)32-38-17-25(34)31-26(28(36)37)27(35)18-6-4-3-5-7-18/h3-7,16,21-24,26-27,33,35H,8-15,17H2,1-2H3,(H,31,34)(H,36,37)/t21-,22+,23+,24+,26+,27-,29+,30+/m1/s1. The first-order valence-electron chi connectivity index (χ1n) is 14.0. The summed E-state index contributed by atoms with van der Waals surface area (Å²) in [7, 11) is 0. The highest BCUT2D eigenvalue weighted by Gasteiger charge is 2.58. The minimum Gasteiger partial charge on any atom is -0.480 e. The number of aliphatic carboxylic acids is 1. The van der Waals surface area contributed by atoms with Gasteiger partial charge in [0.2, 0.25) is 0 Å². The number of carbonyl (C=O) groups is 2. The zero-order valence-corrected chi connectivity index (χ0v) is 22.3. The van der Waals surface area contributed by atoms with Crippen LogP contribution in [0.5, 0.6) is 0 Å². The first kappa shape index (κ1) is 26.9. The highest BCUT2D eigenvalue weighted by atomic mass is 16.6. The smallest absolute Gasteiger partial charge is 0.329 e. The van der Waals surface area contributed by atoms with E-state index in [-0.39, 0.29) is 16.9 Å². The van der Waals surface area contributed by atoms with Crippen LogP contribution in [0.3, 0.4) is 0 Å². The third-order valence-electron chi connectivity index (χ3n) is 10.3. The summed E-state index contributed by atoms with van der Waals surface area (Å²) in [6.45, 7) is 4.28. The van der Waals surface area contributed by atoms with Gasteiger partial charge in [0, 0.05) is 0 Å². The topological polar surface area (TPSA) is 128 Å². The van der Waals surface area contributed by atoms with E-state index in [2.05, 4.69) is 30.4 Å². The molecule has 8 heteroatoms. The largest absolute Gasteiger partial charge is 0.480 e. The molecule has 4 N–H and O–H groups in total. The summed E-state index contributed by atoms with van der Waals surface area (Å²) in [4.78, 5) is 29.4. The zero-order valence-electron chi connectivity index (χ0n) is 22.3. The second-order valence-electron chi connectivity index (χ2n) is 12.2. The van der Waals surface area contributed by atoms with Crippen molar-refractivity contribution >= 4 is 17.6 Å². The van der Waals surface area contributed by atoms with Crippen molar-refractivity contribution in [1.82, 2.24) is 5.32 Å². The van der Waals surface area contributed by atoms with Crippen LogP contribution < -0.4 is 5.32 Å². The van der Waals surface area contributed by atoms with Crippen molar-refractivity contribution in [3.8, 4) is 0 Å². The lowest BCUT2D eigenvalue weighted by Crippen LogP contribution is -2.51. The minimum absolute atomic E-state index is 0.0746. The van der Waals surface area contributed by atoms with E-state index in [0.717, 1.165) is 57.1 Å². The van der Waals surface area contributed by atoms with Crippen molar-refractivity contribution in [2.45, 2.75) is 83.5 Å². The van der Waals surface area contributed by atoms with E-state index >= 15 is 0 Å². The Morgan fingerprint density at radius 2 is 1.84 bits per heavy atom. The first-order valence-corrected chi connectivity index (χ1v) is 14.0. The van der Waals surface area contributed by atoms with Gasteiger partial charge in [0.25, 0.3) is 5.91 Å². The summed E-state index contributed by atoms with van der Waals surface area (Å²) in [5.74, 6) is -0.0813. The zero-order chi connectivity index (χ0) is 27.1. The summed E-state index contributed by atoms with van der Waals surface area (Å²) >= 11 is 0. The van der Waals surface area contributed by atoms with E-state index in [0.29, 0.717) is 23.3 Å². The Labute approximate surface area is 224 Å². The van der Waals surface area contributed by atoms with E-state index < -0.39 is 30.6 Å². The van der Waals surface area contributed by atoms with Crippen LogP contribution in [0.25, 0.3) is 0 Å². The summed E-state index contributed by atoms with van der Waals surface area (Å²) in [5.41, 5.74) is 2.83. The van der Waals surface area contributed by atoms with Gasteiger partial charge in [-0.15, -0.1) is 0 Å². The second kappa shape index (κ2) is 10.5. The van der Waals surface area contributed by atoms with Gasteiger partial charge in [-0.3, -0.25) is 4.79 Å². The molecule has 4 aliphatic rings. The fourth-order valence-corrected chi connectivity index (χ4v) is 8.12. The van der Waals surface area contributed by atoms with E-state index in [1.165, 1.54) is 5.57 Å². The maximum absolute atomic E-state index is 12.4. The van der Waals surface area contributed by atoms with Crippen LogP contribution in [-0.2, 0) is 14.4 Å². The van der Waals surface area contributed by atoms with Crippen molar-refractivity contribution in [3.05, 3.63) is 47.5 Å². The minimum atomic E-state index is -1.49. The Balaban J connectivity index is 1.19. The predicted molar refractivity (Wildman–Crippen MR) is 142 cm³/mol. The normalized spacial score (nSPS) is 36.7. The Morgan fingerprint density at radius 3 is 2.58 bits per heavy atom. The van der Waals surface area contributed by atoms with Gasteiger partial charge in [0.05, 0.1) is 11.8 Å². The Kier molecular flexibility index (Phi) is 7.40. The number of hydrogen-bond acceptors (Lipinski definition) is 6. The summed E-state index contributed by atoms with van der Waals surface area (Å²) in [6.07, 6.45) is 8.86. The Morgan fingerprint density at radius 1 is 1.08 bits per heavy atom. The average molecular weight is 525 g/mol. The Bertz CT molecular complexity index is 1120. The SMILES string of the molecule is C[C@]12CC[C@H]3[C@H](CCC4=CC(=NOCC(=O)N[C@H](C(=O)O)[C@H](O)c5ccccc5)CC[C@@]43C)[C@@H]1CC[C@@H]2O. The molecule has 0 bridgehead atoms. The van der Waals surface area contributed by atoms with Crippen molar-refractivity contribution in [2.75, 3.05) is 6.61 Å². The van der Waals surface area contributed by atoms with E-state index in [1.807, 2.05) is 0 Å². The molecule has 1 aromatic carbocycles. The predicted octanol–water partition coefficient (Wildman–Crippen LogP) is 3.99. The van der Waals surface area contributed by atoms with Gasteiger partial charge in [-0.05, 0) is 91.6 Å². The highest BCUT2D eigenvalue weighted by molar-refractivity contribution is 5.96. The molecular formula is C30H40N2O6. The molecule has 3 saturated carbocycles. The number of aliphatic hydroxyl groups is 2. The first-order chi connectivity index (χ1) is 18.1. The molecule has 38 heavy (non-hydrogen) atoms. The van der Waals surface area contributed by atoms with Gasteiger partial charge in [-0.2, -0.15) is 0 Å². The number of fused-ring (bicyclic) bond motifs is 5. The maximum Gasteiger partial charge on any atom is 0.329 e. The van der Waals surface area contributed by atoms with Gasteiger partial charge >= 0.3 is 5.97 Å². The molecule has 1 aromatic rings. The van der Waals surface area contributed by atoms with Crippen LogP contribution in [0.2, 0.25) is 0 Å². The molecule has 0 unspecified atom stereocenters. The second-order valence-corrected chi connectivity index (χ2v) is 12.2. The fourth-order valence-electron chi connectivity index (χ4n) is 8.12. The maximum atomic E-state index is 12.4. The highest BCUT2D eigenvalue weighted by Crippen LogP contribution is 2.65. The molecule has 8 atom stereocenters. The van der Waals surface area contributed by atoms with Crippen LogP contribution in [0.4, 0.5) is 0 Å². The molecule has 0 aliphatic heterocycles. The van der Waals surface area contributed by atoms with E-state index in [1.54, 1.807) is 30.3 Å². The number of allylic oxidation sites excluding steroid dienone is 2. The van der Waals surface area contributed by atoms with Crippen LogP contribution >= 0.6 is 0 Å². The van der Waals surface area contributed by atoms with Crippen LogP contribution in [0.15, 0.2) is 47.1 Å². The molecule has 0 saturated heterocycles. The quantitative estimate of drug-likeness (QED) is 0.400. The molecule has 3 fully saturated rings. The third kappa shape index (κ3) is 4.77. The number of hydrogen-bond donors (Lipinski definition) is 4. The average Bonchev–Trinajstić information content (AvgIpc) is 3.21. The third-order valence-corrected chi connectivity index (χ3v) is 10.3. The molecule has 8 nitrogen and oxygen atoms in total. The number of oxime groups is 1. The lowest BCUT2D eigenvalue weighted by molar-refractivity contribution is -0.146. The van der Waals surface area contributed by atoms with Crippen molar-refractivity contribution in [3.63, 3.8) is 0 Å². The molecule has 1 amide bonds. The van der Waals surface area contributed by atoms with Crippen LogP contribution in [0.1, 0.15) is 76.9 Å². The molecule has 4 aliphatic carbocycles. The molecule has 0 spiro atoms. The van der Waals surface area contributed by atoms with Crippen LogP contribution in [0, 0.1) is 28.6 Å². The summed E-state index contributed by atoms with van der Waals surface area (Å²) in [5, 5.41) is 37.2. The molecular weight excluding hydrogens is 484 g/mol. The van der Waals surface area contributed by atoms with Crippen LogP contribution in [-0.4, -0.2) is 51.7 Å². The van der Waals surface area contributed by atoms with E-state index in [4.69, 9.17) is 4.84 Å². The van der Waals surface area contributed by atoms with Gasteiger partial charge < -0.3 is 25.5 Å². The number of carboxylic acids is 1. The van der Waals surface area contributed by atoms with Gasteiger partial charge in [0.15, 0.2) is 12.6 Å². The van der Waals surface area contributed by atoms with Crippen molar-refractivity contribution < 1.29 is 29.7 Å².